The normalized spacial score (nSPS) is 10.6. The number of aromatic amines is 1. The Balaban J connectivity index is 2.66. The Labute approximate surface area is 102 Å². The van der Waals surface area contributed by atoms with E-state index in [9.17, 15) is 9.59 Å². The summed E-state index contributed by atoms with van der Waals surface area (Å²) in [6, 6.07) is 1.74. The molecule has 2 heterocycles. The van der Waals surface area contributed by atoms with E-state index in [1.165, 1.54) is 6.92 Å². The van der Waals surface area contributed by atoms with Gasteiger partial charge in [0.1, 0.15) is 22.9 Å². The van der Waals surface area contributed by atoms with E-state index in [1.807, 2.05) is 0 Å². The molecule has 18 heavy (non-hydrogen) atoms. The predicted molar refractivity (Wildman–Crippen MR) is 63.7 cm³/mol. The van der Waals surface area contributed by atoms with Gasteiger partial charge in [-0.3, -0.25) is 4.79 Å². The second-order valence-electron chi connectivity index (χ2n) is 4.01. The summed E-state index contributed by atoms with van der Waals surface area (Å²) in [5, 5.41) is 8.89. The molecule has 0 aromatic carbocycles. The first-order valence-corrected chi connectivity index (χ1v) is 5.31. The number of aryl methyl sites for hydroxylation is 3. The number of aromatic carboxylic acids is 1. The minimum Gasteiger partial charge on any atom is -0.477 e. The van der Waals surface area contributed by atoms with Crippen molar-refractivity contribution in [3.05, 3.63) is 39.2 Å². The van der Waals surface area contributed by atoms with Crippen molar-refractivity contribution in [3.8, 4) is 11.4 Å². The molecular formula is C12H12N2O4. The van der Waals surface area contributed by atoms with Crippen LogP contribution in [-0.2, 0) is 0 Å². The third kappa shape index (κ3) is 1.92. The van der Waals surface area contributed by atoms with E-state index in [4.69, 9.17) is 9.52 Å². The molecule has 0 radical (unpaired) electrons. The van der Waals surface area contributed by atoms with Crippen molar-refractivity contribution >= 4 is 5.97 Å². The van der Waals surface area contributed by atoms with Crippen LogP contribution in [0.2, 0.25) is 0 Å². The summed E-state index contributed by atoms with van der Waals surface area (Å²) in [5.74, 6) is 0.355. The monoisotopic (exact) mass is 248 g/mol. The Morgan fingerprint density at radius 3 is 2.50 bits per heavy atom. The Hall–Kier alpha value is -2.37. The van der Waals surface area contributed by atoms with Crippen LogP contribution in [0.1, 0.15) is 27.6 Å². The summed E-state index contributed by atoms with van der Waals surface area (Å²) in [6.07, 6.45) is 0. The molecule has 6 nitrogen and oxygen atoms in total. The molecule has 2 aromatic rings. The Bertz CT molecular complexity index is 682. The van der Waals surface area contributed by atoms with Crippen molar-refractivity contribution in [1.82, 2.24) is 9.97 Å². The standard InChI is InChI=1S/C12H12N2O4/c1-5-4-8(7(3)18-5)10-13-6(2)9(12(16)17)11(15)14-10/h4H,1-3H3,(H,16,17)(H,13,14,15). The topological polar surface area (TPSA) is 96.2 Å². The van der Waals surface area contributed by atoms with Gasteiger partial charge in [0, 0.05) is 0 Å². The first-order chi connectivity index (χ1) is 8.40. The van der Waals surface area contributed by atoms with Crippen LogP contribution in [0.25, 0.3) is 11.4 Å². The highest BCUT2D eigenvalue weighted by Gasteiger charge is 2.17. The van der Waals surface area contributed by atoms with Crippen LogP contribution in [-0.4, -0.2) is 21.0 Å². The summed E-state index contributed by atoms with van der Waals surface area (Å²) >= 11 is 0. The van der Waals surface area contributed by atoms with E-state index in [-0.39, 0.29) is 11.3 Å². The fraction of sp³-hybridized carbons (Fsp3) is 0.250. The summed E-state index contributed by atoms with van der Waals surface area (Å²) in [7, 11) is 0. The van der Waals surface area contributed by atoms with Gasteiger partial charge in [-0.15, -0.1) is 0 Å². The lowest BCUT2D eigenvalue weighted by Gasteiger charge is -2.03. The molecule has 0 bridgehead atoms. The van der Waals surface area contributed by atoms with Crippen molar-refractivity contribution in [2.45, 2.75) is 20.8 Å². The summed E-state index contributed by atoms with van der Waals surface area (Å²) < 4.78 is 5.35. The number of nitrogens with zero attached hydrogens (tertiary/aromatic N) is 1. The van der Waals surface area contributed by atoms with Gasteiger partial charge >= 0.3 is 5.97 Å². The molecule has 0 amide bonds. The third-order valence-corrected chi connectivity index (χ3v) is 2.61. The van der Waals surface area contributed by atoms with E-state index in [1.54, 1.807) is 19.9 Å². The van der Waals surface area contributed by atoms with Gasteiger partial charge in [0.05, 0.1) is 11.3 Å². The lowest BCUT2D eigenvalue weighted by Crippen LogP contribution is -2.21. The van der Waals surface area contributed by atoms with E-state index >= 15 is 0 Å². The SMILES string of the molecule is Cc1cc(-c2nc(C)c(C(=O)O)c(=O)[nH]2)c(C)o1. The Morgan fingerprint density at radius 1 is 1.39 bits per heavy atom. The van der Waals surface area contributed by atoms with Crippen LogP contribution in [0.5, 0.6) is 0 Å². The molecule has 0 saturated heterocycles. The molecule has 2 rings (SSSR count). The van der Waals surface area contributed by atoms with Crippen LogP contribution in [0.3, 0.4) is 0 Å². The number of nitrogens with one attached hydrogen (secondary N) is 1. The molecule has 0 aliphatic carbocycles. The molecular weight excluding hydrogens is 236 g/mol. The Morgan fingerprint density at radius 2 is 2.06 bits per heavy atom. The van der Waals surface area contributed by atoms with Gasteiger partial charge in [-0.2, -0.15) is 0 Å². The molecule has 0 spiro atoms. The number of carboxylic acid groups (broad SMARTS) is 1. The zero-order valence-corrected chi connectivity index (χ0v) is 10.2. The van der Waals surface area contributed by atoms with Crippen LogP contribution in [0.4, 0.5) is 0 Å². The van der Waals surface area contributed by atoms with Crippen LogP contribution in [0.15, 0.2) is 15.3 Å². The van der Waals surface area contributed by atoms with E-state index in [0.717, 1.165) is 0 Å². The highest BCUT2D eigenvalue weighted by molar-refractivity contribution is 5.88. The molecule has 2 N–H and O–H groups in total. The molecule has 0 fully saturated rings. The first-order valence-electron chi connectivity index (χ1n) is 5.31. The molecule has 94 valence electrons. The van der Waals surface area contributed by atoms with Crippen LogP contribution < -0.4 is 5.56 Å². The molecule has 6 heteroatoms. The number of rotatable bonds is 2. The highest BCUT2D eigenvalue weighted by Crippen LogP contribution is 2.23. The van der Waals surface area contributed by atoms with Crippen molar-refractivity contribution in [2.24, 2.45) is 0 Å². The lowest BCUT2D eigenvalue weighted by molar-refractivity contribution is 0.0693. The fourth-order valence-corrected chi connectivity index (χ4v) is 1.83. The molecule has 0 aliphatic rings. The molecule has 0 aliphatic heterocycles. The lowest BCUT2D eigenvalue weighted by atomic mass is 10.2. The number of furan rings is 1. The van der Waals surface area contributed by atoms with Gasteiger partial charge in [-0.05, 0) is 26.8 Å². The highest BCUT2D eigenvalue weighted by atomic mass is 16.4. The van der Waals surface area contributed by atoms with Gasteiger partial charge in [-0.25, -0.2) is 9.78 Å². The number of hydrogen-bond acceptors (Lipinski definition) is 4. The number of carboxylic acids is 1. The number of hydrogen-bond donors (Lipinski definition) is 2. The number of H-pyrrole nitrogens is 1. The molecule has 0 unspecified atom stereocenters. The number of aromatic nitrogens is 2. The minimum absolute atomic E-state index is 0.180. The van der Waals surface area contributed by atoms with E-state index in [0.29, 0.717) is 22.9 Å². The summed E-state index contributed by atoms with van der Waals surface area (Å²) in [4.78, 5) is 29.1. The second kappa shape index (κ2) is 4.14. The maximum Gasteiger partial charge on any atom is 0.343 e. The number of carbonyl (C=O) groups is 1. The maximum absolute atomic E-state index is 11.7. The van der Waals surface area contributed by atoms with Gasteiger partial charge in [0.15, 0.2) is 0 Å². The van der Waals surface area contributed by atoms with Crippen molar-refractivity contribution in [3.63, 3.8) is 0 Å². The average molecular weight is 248 g/mol. The zero-order valence-electron chi connectivity index (χ0n) is 10.2. The second-order valence-corrected chi connectivity index (χ2v) is 4.01. The van der Waals surface area contributed by atoms with Gasteiger partial charge in [-0.1, -0.05) is 0 Å². The minimum atomic E-state index is -1.28. The molecule has 2 aromatic heterocycles. The van der Waals surface area contributed by atoms with Crippen LogP contribution >= 0.6 is 0 Å². The van der Waals surface area contributed by atoms with E-state index < -0.39 is 11.5 Å². The summed E-state index contributed by atoms with van der Waals surface area (Å²) in [5.41, 5.74) is -0.163. The van der Waals surface area contributed by atoms with Gasteiger partial charge in [0.2, 0.25) is 0 Å². The predicted octanol–water partition coefficient (Wildman–Crippen LogP) is 1.65. The van der Waals surface area contributed by atoms with E-state index in [2.05, 4.69) is 9.97 Å². The van der Waals surface area contributed by atoms with Crippen molar-refractivity contribution < 1.29 is 14.3 Å². The summed E-state index contributed by atoms with van der Waals surface area (Å²) in [6.45, 7) is 5.03. The first kappa shape index (κ1) is 12.1. The largest absolute Gasteiger partial charge is 0.477 e. The van der Waals surface area contributed by atoms with Crippen LogP contribution in [0, 0.1) is 20.8 Å². The van der Waals surface area contributed by atoms with Crippen molar-refractivity contribution in [1.29, 1.82) is 0 Å². The third-order valence-electron chi connectivity index (χ3n) is 2.61. The average Bonchev–Trinajstić information content (AvgIpc) is 2.56. The van der Waals surface area contributed by atoms with Gasteiger partial charge < -0.3 is 14.5 Å². The zero-order chi connectivity index (χ0) is 13.4. The molecule has 0 atom stereocenters. The maximum atomic E-state index is 11.7. The quantitative estimate of drug-likeness (QED) is 0.842. The Kier molecular flexibility index (Phi) is 2.78. The fourth-order valence-electron chi connectivity index (χ4n) is 1.83. The smallest absolute Gasteiger partial charge is 0.343 e. The molecule has 0 saturated carbocycles. The van der Waals surface area contributed by atoms with Crippen molar-refractivity contribution in [2.75, 3.05) is 0 Å². The van der Waals surface area contributed by atoms with Gasteiger partial charge in [0.25, 0.3) is 5.56 Å².